The second-order valence-electron chi connectivity index (χ2n) is 6.84. The van der Waals surface area contributed by atoms with Gasteiger partial charge in [-0.1, -0.05) is 13.3 Å². The number of fused-ring (bicyclic) bond motifs is 1. The first kappa shape index (κ1) is 17.6. The van der Waals surface area contributed by atoms with E-state index in [1.807, 2.05) is 18.9 Å². The number of carbonyl (C=O) groups excluding carboxylic acids is 3. The standard InChI is InChI=1S/C19H25N3O3/c1-3-4-8-22-18(24)15-6-5-14(10-16(15)19(22)25)17(23)21-9-7-13(12-21)11-20-2/h5-6,10,13,20H,3-4,7-9,11-12H2,1-2H3. The van der Waals surface area contributed by atoms with Crippen LogP contribution in [-0.2, 0) is 0 Å². The number of likely N-dealkylation sites (tertiary alicyclic amines) is 1. The fourth-order valence-corrected chi connectivity index (χ4v) is 3.60. The zero-order valence-electron chi connectivity index (χ0n) is 14.9. The Kier molecular flexibility index (Phi) is 5.18. The molecule has 6 nitrogen and oxygen atoms in total. The molecule has 0 aromatic heterocycles. The van der Waals surface area contributed by atoms with E-state index in [2.05, 4.69) is 5.32 Å². The first-order chi connectivity index (χ1) is 12.1. The lowest BCUT2D eigenvalue weighted by Crippen LogP contribution is -2.31. The van der Waals surface area contributed by atoms with E-state index in [-0.39, 0.29) is 17.7 Å². The van der Waals surface area contributed by atoms with Crippen LogP contribution in [0.5, 0.6) is 0 Å². The van der Waals surface area contributed by atoms with E-state index in [1.165, 1.54) is 4.90 Å². The molecule has 1 atom stereocenters. The quantitative estimate of drug-likeness (QED) is 0.799. The SMILES string of the molecule is CCCCN1C(=O)c2ccc(C(=O)N3CCC(CNC)C3)cc2C1=O. The minimum atomic E-state index is -0.280. The summed E-state index contributed by atoms with van der Waals surface area (Å²) in [7, 11) is 1.91. The number of nitrogens with zero attached hydrogens (tertiary/aromatic N) is 2. The third-order valence-corrected chi connectivity index (χ3v) is 5.02. The third-order valence-electron chi connectivity index (χ3n) is 5.02. The molecule has 1 N–H and O–H groups in total. The lowest BCUT2D eigenvalue weighted by atomic mass is 10.0. The summed E-state index contributed by atoms with van der Waals surface area (Å²) in [5.41, 5.74) is 1.26. The average molecular weight is 343 g/mol. The first-order valence-corrected chi connectivity index (χ1v) is 9.01. The number of benzene rings is 1. The fourth-order valence-electron chi connectivity index (χ4n) is 3.60. The zero-order chi connectivity index (χ0) is 18.0. The summed E-state index contributed by atoms with van der Waals surface area (Å²) in [5.74, 6) is -0.120. The maximum absolute atomic E-state index is 12.7. The van der Waals surface area contributed by atoms with Crippen molar-refractivity contribution in [2.24, 2.45) is 5.92 Å². The Morgan fingerprint density at radius 1 is 1.24 bits per heavy atom. The maximum atomic E-state index is 12.7. The lowest BCUT2D eigenvalue weighted by Gasteiger charge is -2.17. The van der Waals surface area contributed by atoms with Gasteiger partial charge >= 0.3 is 0 Å². The molecule has 134 valence electrons. The lowest BCUT2D eigenvalue weighted by molar-refractivity contribution is 0.0652. The van der Waals surface area contributed by atoms with Gasteiger partial charge in [0.05, 0.1) is 11.1 Å². The molecule has 0 bridgehead atoms. The summed E-state index contributed by atoms with van der Waals surface area (Å²) in [6.07, 6.45) is 2.69. The molecule has 2 aliphatic rings. The zero-order valence-corrected chi connectivity index (χ0v) is 14.9. The largest absolute Gasteiger partial charge is 0.338 e. The first-order valence-electron chi connectivity index (χ1n) is 9.01. The van der Waals surface area contributed by atoms with Gasteiger partial charge in [-0.25, -0.2) is 0 Å². The van der Waals surface area contributed by atoms with Crippen molar-refractivity contribution in [3.05, 3.63) is 34.9 Å². The van der Waals surface area contributed by atoms with E-state index < -0.39 is 0 Å². The highest BCUT2D eigenvalue weighted by molar-refractivity contribution is 6.22. The fraction of sp³-hybridized carbons (Fsp3) is 0.526. The molecule has 0 aliphatic carbocycles. The molecule has 1 unspecified atom stereocenters. The van der Waals surface area contributed by atoms with Crippen LogP contribution < -0.4 is 5.32 Å². The van der Waals surface area contributed by atoms with Crippen molar-refractivity contribution >= 4 is 17.7 Å². The number of amides is 3. The smallest absolute Gasteiger partial charge is 0.261 e. The van der Waals surface area contributed by atoms with Crippen LogP contribution in [0.4, 0.5) is 0 Å². The summed E-state index contributed by atoms with van der Waals surface area (Å²) < 4.78 is 0. The second-order valence-corrected chi connectivity index (χ2v) is 6.84. The number of imide groups is 1. The van der Waals surface area contributed by atoms with E-state index in [0.717, 1.165) is 38.9 Å². The van der Waals surface area contributed by atoms with Gasteiger partial charge in [-0.15, -0.1) is 0 Å². The van der Waals surface area contributed by atoms with E-state index in [1.54, 1.807) is 18.2 Å². The monoisotopic (exact) mass is 343 g/mol. The molecule has 3 amide bonds. The van der Waals surface area contributed by atoms with Crippen molar-refractivity contribution in [2.75, 3.05) is 33.2 Å². The van der Waals surface area contributed by atoms with Gasteiger partial charge in [0.25, 0.3) is 17.7 Å². The van der Waals surface area contributed by atoms with Gasteiger partial charge < -0.3 is 10.2 Å². The van der Waals surface area contributed by atoms with Crippen molar-refractivity contribution in [3.8, 4) is 0 Å². The van der Waals surface area contributed by atoms with Gasteiger partial charge in [0, 0.05) is 25.2 Å². The van der Waals surface area contributed by atoms with Crippen LogP contribution in [-0.4, -0.2) is 60.7 Å². The Hall–Kier alpha value is -2.21. The predicted octanol–water partition coefficient (Wildman–Crippen LogP) is 1.76. The molecule has 1 aromatic carbocycles. The Bertz CT molecular complexity index is 701. The Morgan fingerprint density at radius 2 is 2.00 bits per heavy atom. The highest BCUT2D eigenvalue weighted by Gasteiger charge is 2.36. The molecule has 6 heteroatoms. The van der Waals surface area contributed by atoms with E-state index in [0.29, 0.717) is 29.2 Å². The van der Waals surface area contributed by atoms with E-state index >= 15 is 0 Å². The highest BCUT2D eigenvalue weighted by atomic mass is 16.2. The number of unbranched alkanes of at least 4 members (excludes halogenated alkanes) is 1. The number of nitrogens with one attached hydrogen (secondary N) is 1. The summed E-state index contributed by atoms with van der Waals surface area (Å²) in [5, 5.41) is 3.15. The summed E-state index contributed by atoms with van der Waals surface area (Å²) in [6.45, 7) is 4.81. The van der Waals surface area contributed by atoms with Crippen molar-refractivity contribution in [1.82, 2.24) is 15.1 Å². The van der Waals surface area contributed by atoms with Crippen LogP contribution in [0.1, 0.15) is 57.3 Å². The average Bonchev–Trinajstić information content (AvgIpc) is 3.17. The van der Waals surface area contributed by atoms with Gasteiger partial charge in [-0.2, -0.15) is 0 Å². The number of hydrogen-bond donors (Lipinski definition) is 1. The molecular formula is C19H25N3O3. The summed E-state index contributed by atoms with van der Waals surface area (Å²) in [4.78, 5) is 40.7. The molecule has 25 heavy (non-hydrogen) atoms. The highest BCUT2D eigenvalue weighted by Crippen LogP contribution is 2.26. The topological polar surface area (TPSA) is 69.7 Å². The minimum Gasteiger partial charge on any atom is -0.338 e. The van der Waals surface area contributed by atoms with Crippen molar-refractivity contribution in [1.29, 1.82) is 0 Å². The van der Waals surface area contributed by atoms with Gasteiger partial charge in [0.1, 0.15) is 0 Å². The van der Waals surface area contributed by atoms with Gasteiger partial charge in [0.2, 0.25) is 0 Å². The number of carbonyl (C=O) groups is 3. The number of rotatable bonds is 6. The molecular weight excluding hydrogens is 318 g/mol. The minimum absolute atomic E-state index is 0.0614. The molecule has 1 saturated heterocycles. The van der Waals surface area contributed by atoms with Gasteiger partial charge in [-0.3, -0.25) is 19.3 Å². The Balaban J connectivity index is 1.77. The molecule has 0 saturated carbocycles. The van der Waals surface area contributed by atoms with Crippen molar-refractivity contribution in [2.45, 2.75) is 26.2 Å². The van der Waals surface area contributed by atoms with Crippen molar-refractivity contribution < 1.29 is 14.4 Å². The maximum Gasteiger partial charge on any atom is 0.261 e. The summed E-state index contributed by atoms with van der Waals surface area (Å²) >= 11 is 0. The predicted molar refractivity (Wildman–Crippen MR) is 94.7 cm³/mol. The molecule has 1 aromatic rings. The number of hydrogen-bond acceptors (Lipinski definition) is 4. The van der Waals surface area contributed by atoms with Crippen LogP contribution in [0, 0.1) is 5.92 Å². The molecule has 2 aliphatic heterocycles. The third kappa shape index (κ3) is 3.31. The van der Waals surface area contributed by atoms with Gasteiger partial charge in [0.15, 0.2) is 0 Å². The normalized spacial score (nSPS) is 19.7. The van der Waals surface area contributed by atoms with Crippen LogP contribution in [0.15, 0.2) is 18.2 Å². The van der Waals surface area contributed by atoms with Crippen LogP contribution in [0.2, 0.25) is 0 Å². The Morgan fingerprint density at radius 3 is 2.72 bits per heavy atom. The second kappa shape index (κ2) is 7.35. The molecule has 2 heterocycles. The molecule has 1 fully saturated rings. The van der Waals surface area contributed by atoms with E-state index in [4.69, 9.17) is 0 Å². The molecule has 0 radical (unpaired) electrons. The van der Waals surface area contributed by atoms with Crippen LogP contribution >= 0.6 is 0 Å². The molecule has 3 rings (SSSR count). The Labute approximate surface area is 148 Å². The van der Waals surface area contributed by atoms with Gasteiger partial charge in [-0.05, 0) is 50.6 Å². The van der Waals surface area contributed by atoms with Crippen LogP contribution in [0.25, 0.3) is 0 Å². The van der Waals surface area contributed by atoms with E-state index in [9.17, 15) is 14.4 Å². The summed E-state index contributed by atoms with van der Waals surface area (Å²) in [6, 6.07) is 4.88. The van der Waals surface area contributed by atoms with Crippen LogP contribution in [0.3, 0.4) is 0 Å². The van der Waals surface area contributed by atoms with Crippen molar-refractivity contribution in [3.63, 3.8) is 0 Å². The molecule has 0 spiro atoms.